The van der Waals surface area contributed by atoms with E-state index >= 15 is 0 Å². The molecule has 1 heterocycles. The predicted molar refractivity (Wildman–Crippen MR) is 68.9 cm³/mol. The summed E-state index contributed by atoms with van der Waals surface area (Å²) in [5.41, 5.74) is 7.34. The molecule has 1 atom stereocenters. The Kier molecular flexibility index (Phi) is 3.79. The summed E-state index contributed by atoms with van der Waals surface area (Å²) in [7, 11) is 0. The van der Waals surface area contributed by atoms with E-state index in [1.807, 2.05) is 12.1 Å². The second kappa shape index (κ2) is 5.15. The first kappa shape index (κ1) is 12.5. The third-order valence-corrected chi connectivity index (χ3v) is 3.28. The van der Waals surface area contributed by atoms with Gasteiger partial charge in [-0.25, -0.2) is 0 Å². The zero-order valence-electron chi connectivity index (χ0n) is 9.72. The lowest BCUT2D eigenvalue weighted by Gasteiger charge is -2.20. The van der Waals surface area contributed by atoms with Crippen molar-refractivity contribution in [1.82, 2.24) is 0 Å². The summed E-state index contributed by atoms with van der Waals surface area (Å²) in [5, 5.41) is 0. The van der Waals surface area contributed by atoms with Gasteiger partial charge in [-0.3, -0.25) is 0 Å². The standard InChI is InChI=1S/C13H17NO2.ClH/c14-11(7-9-1-2-9)10-3-4-12-13(8-10)16-6-5-15-12;/h3-4,8-9,11H,1-2,5-7,14H2;1H/t11-;/m1./s1. The highest BCUT2D eigenvalue weighted by Crippen LogP contribution is 2.38. The van der Waals surface area contributed by atoms with E-state index in [1.165, 1.54) is 12.8 Å². The minimum absolute atomic E-state index is 0. The molecule has 1 saturated carbocycles. The van der Waals surface area contributed by atoms with Crippen LogP contribution in [0.5, 0.6) is 11.5 Å². The molecule has 1 aliphatic heterocycles. The molecular formula is C13H18ClNO2. The van der Waals surface area contributed by atoms with Crippen LogP contribution < -0.4 is 15.2 Å². The first-order chi connectivity index (χ1) is 7.83. The molecule has 0 unspecified atom stereocenters. The summed E-state index contributed by atoms with van der Waals surface area (Å²) in [6, 6.07) is 6.20. The number of hydrogen-bond acceptors (Lipinski definition) is 3. The van der Waals surface area contributed by atoms with E-state index in [0.717, 1.165) is 29.4 Å². The predicted octanol–water partition coefficient (Wildman–Crippen LogP) is 2.68. The fourth-order valence-corrected chi connectivity index (χ4v) is 2.14. The molecule has 4 heteroatoms. The monoisotopic (exact) mass is 255 g/mol. The molecule has 2 N–H and O–H groups in total. The number of fused-ring (bicyclic) bond motifs is 1. The van der Waals surface area contributed by atoms with E-state index in [1.54, 1.807) is 0 Å². The van der Waals surface area contributed by atoms with Crippen molar-refractivity contribution in [2.75, 3.05) is 13.2 Å². The Labute approximate surface area is 108 Å². The van der Waals surface area contributed by atoms with Crippen molar-refractivity contribution in [3.63, 3.8) is 0 Å². The lowest BCUT2D eigenvalue weighted by Crippen LogP contribution is -2.17. The number of benzene rings is 1. The Hall–Kier alpha value is -0.930. The summed E-state index contributed by atoms with van der Waals surface area (Å²) in [5.74, 6) is 2.53. The molecule has 94 valence electrons. The van der Waals surface area contributed by atoms with Crippen molar-refractivity contribution in [3.05, 3.63) is 23.8 Å². The van der Waals surface area contributed by atoms with Crippen LogP contribution >= 0.6 is 12.4 Å². The normalized spacial score (nSPS) is 19.4. The third kappa shape index (κ3) is 2.85. The van der Waals surface area contributed by atoms with E-state index < -0.39 is 0 Å². The van der Waals surface area contributed by atoms with Gasteiger partial charge in [-0.1, -0.05) is 18.9 Å². The first-order valence-electron chi connectivity index (χ1n) is 5.98. The molecular weight excluding hydrogens is 238 g/mol. The number of rotatable bonds is 3. The summed E-state index contributed by atoms with van der Waals surface area (Å²) >= 11 is 0. The number of hydrogen-bond donors (Lipinski definition) is 1. The van der Waals surface area contributed by atoms with Gasteiger partial charge < -0.3 is 15.2 Å². The van der Waals surface area contributed by atoms with Gasteiger partial charge >= 0.3 is 0 Å². The molecule has 0 radical (unpaired) electrons. The highest BCUT2D eigenvalue weighted by atomic mass is 35.5. The van der Waals surface area contributed by atoms with Gasteiger partial charge in [0.1, 0.15) is 13.2 Å². The van der Waals surface area contributed by atoms with Crippen molar-refractivity contribution in [2.45, 2.75) is 25.3 Å². The molecule has 3 rings (SSSR count). The SMILES string of the molecule is Cl.N[C@H](CC1CC1)c1ccc2c(c1)OCCO2. The molecule has 0 amide bonds. The first-order valence-corrected chi connectivity index (χ1v) is 5.98. The van der Waals surface area contributed by atoms with Gasteiger partial charge in [0, 0.05) is 6.04 Å². The van der Waals surface area contributed by atoms with Crippen molar-refractivity contribution in [3.8, 4) is 11.5 Å². The van der Waals surface area contributed by atoms with E-state index in [0.29, 0.717) is 13.2 Å². The number of nitrogens with two attached hydrogens (primary N) is 1. The van der Waals surface area contributed by atoms with Crippen LogP contribution in [0.1, 0.15) is 30.9 Å². The molecule has 0 saturated heterocycles. The summed E-state index contributed by atoms with van der Waals surface area (Å²) in [6.07, 6.45) is 3.79. The molecule has 3 nitrogen and oxygen atoms in total. The van der Waals surface area contributed by atoms with Gasteiger partial charge in [-0.05, 0) is 30.0 Å². The van der Waals surface area contributed by atoms with Crippen LogP contribution in [0.3, 0.4) is 0 Å². The third-order valence-electron chi connectivity index (χ3n) is 3.28. The van der Waals surface area contributed by atoms with Gasteiger partial charge in [0.25, 0.3) is 0 Å². The molecule has 0 spiro atoms. The van der Waals surface area contributed by atoms with Gasteiger partial charge in [-0.2, -0.15) is 0 Å². The zero-order valence-corrected chi connectivity index (χ0v) is 10.5. The van der Waals surface area contributed by atoms with Gasteiger partial charge in [-0.15, -0.1) is 12.4 Å². The Bertz CT molecular complexity index is 393. The van der Waals surface area contributed by atoms with Crippen LogP contribution in [-0.2, 0) is 0 Å². The van der Waals surface area contributed by atoms with Crippen LogP contribution in [-0.4, -0.2) is 13.2 Å². The fourth-order valence-electron chi connectivity index (χ4n) is 2.14. The van der Waals surface area contributed by atoms with Crippen molar-refractivity contribution in [1.29, 1.82) is 0 Å². The van der Waals surface area contributed by atoms with E-state index in [2.05, 4.69) is 6.07 Å². The molecule has 2 aliphatic rings. The van der Waals surface area contributed by atoms with Gasteiger partial charge in [0.2, 0.25) is 0 Å². The molecule has 1 aromatic carbocycles. The maximum absolute atomic E-state index is 6.17. The molecule has 1 fully saturated rings. The fraction of sp³-hybridized carbons (Fsp3) is 0.538. The van der Waals surface area contributed by atoms with Crippen molar-refractivity contribution >= 4 is 12.4 Å². The highest BCUT2D eigenvalue weighted by Gasteiger charge is 2.25. The lowest BCUT2D eigenvalue weighted by atomic mass is 10.0. The Balaban J connectivity index is 0.00000108. The summed E-state index contributed by atoms with van der Waals surface area (Å²) in [6.45, 7) is 1.27. The summed E-state index contributed by atoms with van der Waals surface area (Å²) < 4.78 is 11.0. The second-order valence-corrected chi connectivity index (χ2v) is 4.69. The van der Waals surface area contributed by atoms with Crippen LogP contribution in [0.15, 0.2) is 18.2 Å². The van der Waals surface area contributed by atoms with Crippen LogP contribution in [0.2, 0.25) is 0 Å². The van der Waals surface area contributed by atoms with Crippen LogP contribution in [0.25, 0.3) is 0 Å². The molecule has 0 aromatic heterocycles. The van der Waals surface area contributed by atoms with E-state index in [4.69, 9.17) is 15.2 Å². The summed E-state index contributed by atoms with van der Waals surface area (Å²) in [4.78, 5) is 0. The van der Waals surface area contributed by atoms with Crippen LogP contribution in [0.4, 0.5) is 0 Å². The van der Waals surface area contributed by atoms with Crippen molar-refractivity contribution < 1.29 is 9.47 Å². The quantitative estimate of drug-likeness (QED) is 0.903. The molecule has 0 bridgehead atoms. The minimum atomic E-state index is 0. The maximum Gasteiger partial charge on any atom is 0.161 e. The maximum atomic E-state index is 6.17. The highest BCUT2D eigenvalue weighted by molar-refractivity contribution is 5.85. The number of halogens is 1. The lowest BCUT2D eigenvalue weighted by molar-refractivity contribution is 0.171. The second-order valence-electron chi connectivity index (χ2n) is 4.69. The Morgan fingerprint density at radius 1 is 1.18 bits per heavy atom. The van der Waals surface area contributed by atoms with E-state index in [9.17, 15) is 0 Å². The smallest absolute Gasteiger partial charge is 0.161 e. The molecule has 1 aromatic rings. The topological polar surface area (TPSA) is 44.5 Å². The van der Waals surface area contributed by atoms with Crippen molar-refractivity contribution in [2.24, 2.45) is 11.7 Å². The van der Waals surface area contributed by atoms with Gasteiger partial charge in [0.15, 0.2) is 11.5 Å². The molecule has 1 aliphatic carbocycles. The van der Waals surface area contributed by atoms with Gasteiger partial charge in [0.05, 0.1) is 0 Å². The molecule has 17 heavy (non-hydrogen) atoms. The largest absolute Gasteiger partial charge is 0.486 e. The zero-order chi connectivity index (χ0) is 11.0. The average molecular weight is 256 g/mol. The van der Waals surface area contributed by atoms with Crippen LogP contribution in [0, 0.1) is 5.92 Å². The Morgan fingerprint density at radius 2 is 1.88 bits per heavy atom. The van der Waals surface area contributed by atoms with E-state index in [-0.39, 0.29) is 18.4 Å². The number of ether oxygens (including phenoxy) is 2. The Morgan fingerprint density at radius 3 is 2.59 bits per heavy atom. The average Bonchev–Trinajstić information content (AvgIpc) is 3.12. The minimum Gasteiger partial charge on any atom is -0.486 e.